The SMILES string of the molecule is C=CCO[C@@]12Oc3ccc(Oc4ccc(OC)c(C=O)c4)cc3[C@H]3[C@H](CCCCO)[C@@H](CCCCO)C=C(C(=NOC)C[C@@H]1N(CCC)C(=O)OCC)[C@H]32. The van der Waals surface area contributed by atoms with E-state index in [4.69, 9.17) is 28.5 Å². The third kappa shape index (κ3) is 8.45. The van der Waals surface area contributed by atoms with Crippen molar-refractivity contribution in [1.82, 2.24) is 4.90 Å². The summed E-state index contributed by atoms with van der Waals surface area (Å²) in [4.78, 5) is 32.9. The summed E-state index contributed by atoms with van der Waals surface area (Å²) in [6.07, 6.45) is 9.81. The lowest BCUT2D eigenvalue weighted by Gasteiger charge is -2.59. The number of carbonyl (C=O) groups excluding carboxylic acids is 2. The van der Waals surface area contributed by atoms with E-state index in [1.165, 1.54) is 14.2 Å². The number of allylic oxidation sites excluding steroid dienone is 1. The number of methoxy groups -OCH3 is 1. The Kier molecular flexibility index (Phi) is 14.6. The molecule has 3 aliphatic rings. The molecule has 1 heterocycles. The zero-order valence-electron chi connectivity index (χ0n) is 32.0. The van der Waals surface area contributed by atoms with Crippen LogP contribution in [-0.2, 0) is 14.3 Å². The number of unbranched alkanes of at least 4 members (excludes halogenated alkanes) is 2. The molecule has 1 aliphatic heterocycles. The fourth-order valence-electron chi connectivity index (χ4n) is 8.65. The maximum atomic E-state index is 13.8. The van der Waals surface area contributed by atoms with Crippen LogP contribution in [0.3, 0.4) is 0 Å². The highest BCUT2D eigenvalue weighted by Crippen LogP contribution is 2.62. The molecule has 0 saturated heterocycles. The van der Waals surface area contributed by atoms with Crippen LogP contribution in [0.4, 0.5) is 4.79 Å². The minimum absolute atomic E-state index is 0.0565. The standard InChI is InChI=1S/C42H56N2O10/c1-6-19-44(41(48)51-8-3)38-26-35(43-50-5)33-24-28(13-9-11-20-45)32(14-10-12-21-46)39-34-25-31(53-30-15-17-36(49-4)29(23-30)27-47)16-18-37(34)54-42(38,40(33)39)52-22-7-2/h7,15-18,23-25,27-28,32,38-40,45-46H,2,6,8-14,19-22,26H2,1,3-5H3/t28-,32+,38-,39+,40+,42+/m0/s1. The first-order chi connectivity index (χ1) is 26.3. The number of fused-ring (bicyclic) bond motifs is 2. The number of amides is 1. The number of aldehydes is 1. The molecule has 294 valence electrons. The molecule has 12 nitrogen and oxygen atoms in total. The Morgan fingerprint density at radius 1 is 1.06 bits per heavy atom. The molecule has 0 spiro atoms. The van der Waals surface area contributed by atoms with Gasteiger partial charge in [0.2, 0.25) is 5.79 Å². The minimum atomic E-state index is -1.37. The largest absolute Gasteiger partial charge is 0.496 e. The molecule has 12 heteroatoms. The summed E-state index contributed by atoms with van der Waals surface area (Å²) in [5.74, 6) is 0.206. The number of carbonyl (C=O) groups is 2. The van der Waals surface area contributed by atoms with E-state index < -0.39 is 23.8 Å². The Labute approximate surface area is 318 Å². The van der Waals surface area contributed by atoms with Gasteiger partial charge in [0, 0.05) is 37.7 Å². The molecule has 1 amide bonds. The van der Waals surface area contributed by atoms with Crippen LogP contribution >= 0.6 is 0 Å². The summed E-state index contributed by atoms with van der Waals surface area (Å²) in [5, 5.41) is 24.2. The summed E-state index contributed by atoms with van der Waals surface area (Å²) in [7, 11) is 3.04. The number of hydrogen-bond acceptors (Lipinski definition) is 11. The topological polar surface area (TPSA) is 146 Å². The number of benzene rings is 2. The predicted octanol–water partition coefficient (Wildman–Crippen LogP) is 7.43. The van der Waals surface area contributed by atoms with Crippen molar-refractivity contribution in [3.8, 4) is 23.0 Å². The summed E-state index contributed by atoms with van der Waals surface area (Å²) in [6.45, 7) is 8.73. The Bertz CT molecular complexity index is 1660. The molecule has 54 heavy (non-hydrogen) atoms. The molecular formula is C42H56N2O10. The number of ether oxygens (including phenoxy) is 5. The fourth-order valence-corrected chi connectivity index (χ4v) is 8.65. The van der Waals surface area contributed by atoms with Gasteiger partial charge in [0.05, 0.1) is 37.5 Å². The van der Waals surface area contributed by atoms with E-state index in [9.17, 15) is 19.8 Å². The maximum absolute atomic E-state index is 13.8. The van der Waals surface area contributed by atoms with E-state index >= 15 is 0 Å². The quantitative estimate of drug-likeness (QED) is 0.0607. The van der Waals surface area contributed by atoms with Gasteiger partial charge in [-0.25, -0.2) is 4.79 Å². The van der Waals surface area contributed by atoms with Crippen molar-refractivity contribution >= 4 is 18.1 Å². The highest BCUT2D eigenvalue weighted by atomic mass is 16.7. The minimum Gasteiger partial charge on any atom is -0.496 e. The summed E-state index contributed by atoms with van der Waals surface area (Å²) in [5.41, 5.74) is 2.94. The number of aliphatic hydroxyl groups excluding tert-OH is 2. The van der Waals surface area contributed by atoms with E-state index in [-0.39, 0.29) is 44.2 Å². The van der Waals surface area contributed by atoms with Gasteiger partial charge in [-0.05, 0) is 92.8 Å². The van der Waals surface area contributed by atoms with Gasteiger partial charge in [-0.1, -0.05) is 37.1 Å². The molecule has 5 rings (SSSR count). The highest BCUT2D eigenvalue weighted by molar-refractivity contribution is 6.03. The van der Waals surface area contributed by atoms with Crippen molar-refractivity contribution in [2.24, 2.45) is 22.9 Å². The summed E-state index contributed by atoms with van der Waals surface area (Å²) in [6, 6.07) is 10.2. The zero-order valence-corrected chi connectivity index (χ0v) is 32.0. The first-order valence-corrected chi connectivity index (χ1v) is 19.2. The molecular weight excluding hydrogens is 692 g/mol. The van der Waals surface area contributed by atoms with Gasteiger partial charge in [-0.2, -0.15) is 0 Å². The Hall–Kier alpha value is -4.39. The normalized spacial score (nSPS) is 24.7. The highest BCUT2D eigenvalue weighted by Gasteiger charge is 2.65. The van der Waals surface area contributed by atoms with Gasteiger partial charge in [0.15, 0.2) is 6.29 Å². The number of aliphatic hydroxyl groups is 2. The van der Waals surface area contributed by atoms with Crippen molar-refractivity contribution in [1.29, 1.82) is 0 Å². The maximum Gasteiger partial charge on any atom is 0.410 e. The predicted molar refractivity (Wildman–Crippen MR) is 204 cm³/mol. The molecule has 1 fully saturated rings. The van der Waals surface area contributed by atoms with Crippen molar-refractivity contribution in [3.63, 3.8) is 0 Å². The molecule has 0 radical (unpaired) electrons. The Morgan fingerprint density at radius 3 is 2.46 bits per heavy atom. The number of rotatable bonds is 20. The molecule has 2 aromatic rings. The van der Waals surface area contributed by atoms with Crippen LogP contribution in [0.2, 0.25) is 0 Å². The Morgan fingerprint density at radius 2 is 1.80 bits per heavy atom. The smallest absolute Gasteiger partial charge is 0.410 e. The fraction of sp³-hybridized carbons (Fsp3) is 0.548. The molecule has 1 saturated carbocycles. The summed E-state index contributed by atoms with van der Waals surface area (Å²) >= 11 is 0. The van der Waals surface area contributed by atoms with Crippen molar-refractivity contribution in [3.05, 3.63) is 71.8 Å². The van der Waals surface area contributed by atoms with Crippen LogP contribution in [0, 0.1) is 17.8 Å². The second-order valence-electron chi connectivity index (χ2n) is 14.0. The average molecular weight is 749 g/mol. The van der Waals surface area contributed by atoms with Crippen molar-refractivity contribution in [2.45, 2.75) is 83.0 Å². The van der Waals surface area contributed by atoms with E-state index in [0.29, 0.717) is 66.5 Å². The van der Waals surface area contributed by atoms with Gasteiger partial charge in [0.1, 0.15) is 36.1 Å². The van der Waals surface area contributed by atoms with E-state index in [0.717, 1.165) is 43.1 Å². The summed E-state index contributed by atoms with van der Waals surface area (Å²) < 4.78 is 31.5. The van der Waals surface area contributed by atoms with Gasteiger partial charge >= 0.3 is 6.09 Å². The van der Waals surface area contributed by atoms with Crippen LogP contribution in [0.5, 0.6) is 23.0 Å². The second-order valence-corrected chi connectivity index (χ2v) is 14.0. The zero-order chi connectivity index (χ0) is 38.7. The van der Waals surface area contributed by atoms with E-state index in [1.807, 2.05) is 25.1 Å². The Balaban J connectivity index is 1.76. The average Bonchev–Trinajstić information content (AvgIpc) is 3.18. The first kappa shape index (κ1) is 40.8. The lowest BCUT2D eigenvalue weighted by atomic mass is 9.55. The van der Waals surface area contributed by atoms with E-state index in [2.05, 4.69) is 17.8 Å². The molecule has 0 bridgehead atoms. The third-order valence-electron chi connectivity index (χ3n) is 10.8. The van der Waals surface area contributed by atoms with Crippen LogP contribution in [0.25, 0.3) is 0 Å². The van der Waals surface area contributed by atoms with Crippen LogP contribution in [0.1, 0.15) is 87.1 Å². The van der Waals surface area contributed by atoms with Gasteiger partial charge in [0.25, 0.3) is 0 Å². The van der Waals surface area contributed by atoms with E-state index in [1.54, 1.807) is 36.1 Å². The van der Waals surface area contributed by atoms with Crippen molar-refractivity contribution in [2.75, 3.05) is 47.2 Å². The number of oxime groups is 1. The lowest BCUT2D eigenvalue weighted by Crippen LogP contribution is -2.70. The molecule has 2 aliphatic carbocycles. The molecule has 0 unspecified atom stereocenters. The van der Waals surface area contributed by atoms with Crippen LogP contribution in [0.15, 0.2) is 65.9 Å². The third-order valence-corrected chi connectivity index (χ3v) is 10.8. The van der Waals surface area contributed by atoms with Crippen LogP contribution < -0.4 is 14.2 Å². The van der Waals surface area contributed by atoms with Crippen molar-refractivity contribution < 1.29 is 48.3 Å². The lowest BCUT2D eigenvalue weighted by molar-refractivity contribution is -0.255. The molecule has 6 atom stereocenters. The molecule has 0 aromatic heterocycles. The molecule has 2 N–H and O–H groups in total. The second kappa shape index (κ2) is 19.3. The van der Waals surface area contributed by atoms with Gasteiger partial charge in [-0.3, -0.25) is 9.69 Å². The van der Waals surface area contributed by atoms with Crippen LogP contribution in [-0.4, -0.2) is 92.2 Å². The van der Waals surface area contributed by atoms with Gasteiger partial charge < -0.3 is 38.7 Å². The first-order valence-electron chi connectivity index (χ1n) is 19.2. The molecule has 2 aromatic carbocycles. The number of hydrogen-bond donors (Lipinski definition) is 2. The monoisotopic (exact) mass is 748 g/mol. The van der Waals surface area contributed by atoms with Gasteiger partial charge in [-0.15, -0.1) is 6.58 Å². The number of nitrogens with zero attached hydrogens (tertiary/aromatic N) is 2.